The number of piperazine rings is 1. The first-order valence-corrected chi connectivity index (χ1v) is 15.7. The summed E-state index contributed by atoms with van der Waals surface area (Å²) >= 11 is 6.82. The number of halogens is 1. The van der Waals surface area contributed by atoms with Crippen LogP contribution in [-0.2, 0) is 18.4 Å². The summed E-state index contributed by atoms with van der Waals surface area (Å²) in [4.78, 5) is 63.5. The maximum atomic E-state index is 13.2. The van der Waals surface area contributed by atoms with Crippen molar-refractivity contribution in [2.45, 2.75) is 13.0 Å². The number of aryl methyl sites for hydroxylation is 1. The number of rotatable bonds is 5. The Kier molecular flexibility index (Phi) is 6.92. The van der Waals surface area contributed by atoms with Gasteiger partial charge in [0.15, 0.2) is 0 Å². The van der Waals surface area contributed by atoms with E-state index >= 15 is 0 Å². The molecular weight excluding hydrogens is 620 g/mol. The van der Waals surface area contributed by atoms with Crippen LogP contribution in [0.2, 0.25) is 5.02 Å². The zero-order valence-electron chi connectivity index (χ0n) is 25.4. The standard InChI is InChI=1S/C34H29ClN8O4/c1-39-28-6-8-36-18-26(28)23-5-3-21(16-29(23)39)22-15-27(35)31(37-17-22)41-12-10-40(11-13-41)19-20-2-4-24-25(14-20)33(46)43(32(24)45)42-9-7-30(44)38-34(42)47/h2-6,8,14-18H,7,9-13,19H2,1H3,(H,38,44,47). The van der Waals surface area contributed by atoms with E-state index in [0.29, 0.717) is 11.6 Å². The van der Waals surface area contributed by atoms with Crippen LogP contribution in [0.1, 0.15) is 32.7 Å². The molecule has 236 valence electrons. The highest BCUT2D eigenvalue weighted by molar-refractivity contribution is 6.33. The number of anilines is 1. The van der Waals surface area contributed by atoms with Crippen LogP contribution in [0.15, 0.2) is 67.1 Å². The van der Waals surface area contributed by atoms with E-state index in [1.165, 1.54) is 0 Å². The molecule has 12 nitrogen and oxygen atoms in total. The van der Waals surface area contributed by atoms with Crippen molar-refractivity contribution in [3.63, 3.8) is 0 Å². The molecular formula is C34H29ClN8O4. The number of aromatic nitrogens is 3. The Hall–Kier alpha value is -5.33. The summed E-state index contributed by atoms with van der Waals surface area (Å²) in [5, 5.41) is 6.85. The highest BCUT2D eigenvalue weighted by atomic mass is 35.5. The number of benzene rings is 2. The van der Waals surface area contributed by atoms with Gasteiger partial charge in [0.25, 0.3) is 11.8 Å². The molecule has 0 radical (unpaired) electrons. The lowest BCUT2D eigenvalue weighted by atomic mass is 10.0. The molecule has 3 aliphatic rings. The predicted molar refractivity (Wildman–Crippen MR) is 176 cm³/mol. The topological polar surface area (TPSA) is 124 Å². The molecule has 47 heavy (non-hydrogen) atoms. The van der Waals surface area contributed by atoms with Gasteiger partial charge in [0.2, 0.25) is 5.91 Å². The van der Waals surface area contributed by atoms with Crippen LogP contribution < -0.4 is 10.2 Å². The Morgan fingerprint density at radius 2 is 1.62 bits per heavy atom. The Morgan fingerprint density at radius 3 is 2.40 bits per heavy atom. The van der Waals surface area contributed by atoms with Crippen molar-refractivity contribution in [1.82, 2.24) is 34.8 Å². The highest BCUT2D eigenvalue weighted by Gasteiger charge is 2.43. The molecule has 5 aromatic rings. The minimum absolute atomic E-state index is 0.0155. The van der Waals surface area contributed by atoms with Gasteiger partial charge in [-0.1, -0.05) is 29.8 Å². The van der Waals surface area contributed by atoms with Crippen molar-refractivity contribution in [2.24, 2.45) is 7.05 Å². The second-order valence-corrected chi connectivity index (χ2v) is 12.4. The number of hydrogen-bond donors (Lipinski definition) is 1. The SMILES string of the molecule is Cn1c2ccncc2c2ccc(-c3cnc(N4CCN(Cc5ccc6c(c5)C(=O)N(N5CCC(=O)NC5=O)C6=O)CC4)c(Cl)c3)cc21. The van der Waals surface area contributed by atoms with Crippen molar-refractivity contribution in [3.8, 4) is 11.1 Å². The molecule has 1 N–H and O–H groups in total. The van der Waals surface area contributed by atoms with Crippen molar-refractivity contribution >= 4 is 63.0 Å². The summed E-state index contributed by atoms with van der Waals surface area (Å²) in [5.74, 6) is -0.832. The molecule has 0 atom stereocenters. The average molecular weight is 649 g/mol. The van der Waals surface area contributed by atoms with E-state index in [1.807, 2.05) is 36.8 Å². The van der Waals surface area contributed by atoms with E-state index in [4.69, 9.17) is 16.6 Å². The summed E-state index contributed by atoms with van der Waals surface area (Å²) in [6.45, 7) is 3.51. The predicted octanol–water partition coefficient (Wildman–Crippen LogP) is 4.22. The minimum Gasteiger partial charge on any atom is -0.353 e. The molecule has 6 heterocycles. The van der Waals surface area contributed by atoms with Gasteiger partial charge in [-0.15, -0.1) is 0 Å². The molecule has 0 bridgehead atoms. The molecule has 0 spiro atoms. The molecule has 3 aromatic heterocycles. The fraction of sp³-hybridized carbons (Fsp3) is 0.235. The van der Waals surface area contributed by atoms with Crippen LogP contribution in [0.5, 0.6) is 0 Å². The number of urea groups is 1. The van der Waals surface area contributed by atoms with E-state index < -0.39 is 23.8 Å². The van der Waals surface area contributed by atoms with Crippen molar-refractivity contribution in [2.75, 3.05) is 37.6 Å². The number of imide groups is 2. The van der Waals surface area contributed by atoms with Gasteiger partial charge < -0.3 is 9.47 Å². The molecule has 0 saturated carbocycles. The normalized spacial score (nSPS) is 17.3. The maximum Gasteiger partial charge on any atom is 0.343 e. The highest BCUT2D eigenvalue weighted by Crippen LogP contribution is 2.34. The van der Waals surface area contributed by atoms with Gasteiger partial charge in [0.1, 0.15) is 5.82 Å². The summed E-state index contributed by atoms with van der Waals surface area (Å²) in [6.07, 6.45) is 5.59. The first-order valence-electron chi connectivity index (χ1n) is 15.3. The number of hydrogen-bond acceptors (Lipinski definition) is 8. The Morgan fingerprint density at radius 1 is 0.809 bits per heavy atom. The van der Waals surface area contributed by atoms with Crippen LogP contribution in [-0.4, -0.2) is 85.9 Å². The quantitative estimate of drug-likeness (QED) is 0.281. The molecule has 0 aliphatic carbocycles. The largest absolute Gasteiger partial charge is 0.353 e. The zero-order valence-corrected chi connectivity index (χ0v) is 26.2. The molecule has 8 rings (SSSR count). The lowest BCUT2D eigenvalue weighted by molar-refractivity contribution is -0.122. The van der Waals surface area contributed by atoms with Gasteiger partial charge in [-0.2, -0.15) is 5.01 Å². The molecule has 13 heteroatoms. The first-order chi connectivity index (χ1) is 22.8. The number of hydrazine groups is 1. The summed E-state index contributed by atoms with van der Waals surface area (Å²) in [5.41, 5.74) is 5.61. The third-order valence-electron chi connectivity index (χ3n) is 9.24. The first kappa shape index (κ1) is 29.1. The van der Waals surface area contributed by atoms with Crippen molar-refractivity contribution < 1.29 is 19.2 Å². The minimum atomic E-state index is -0.779. The molecule has 2 aromatic carbocycles. The fourth-order valence-electron chi connectivity index (χ4n) is 6.77. The number of carbonyl (C=O) groups is 4. The third-order valence-corrected chi connectivity index (χ3v) is 9.52. The number of nitrogens with one attached hydrogen (secondary N) is 1. The van der Waals surface area contributed by atoms with Crippen molar-refractivity contribution in [3.05, 3.63) is 88.8 Å². The van der Waals surface area contributed by atoms with E-state index in [1.54, 1.807) is 12.1 Å². The van der Waals surface area contributed by atoms with E-state index in [0.717, 1.165) is 80.5 Å². The maximum absolute atomic E-state index is 13.2. The molecule has 2 fully saturated rings. The number of fused-ring (bicyclic) bond motifs is 4. The smallest absolute Gasteiger partial charge is 0.343 e. The average Bonchev–Trinajstić information content (AvgIpc) is 3.50. The molecule has 0 unspecified atom stereocenters. The van der Waals surface area contributed by atoms with Gasteiger partial charge in [0.05, 0.1) is 28.2 Å². The summed E-state index contributed by atoms with van der Waals surface area (Å²) < 4.78 is 2.17. The lowest BCUT2D eigenvalue weighted by Crippen LogP contribution is -2.58. The van der Waals surface area contributed by atoms with Gasteiger partial charge >= 0.3 is 6.03 Å². The second-order valence-electron chi connectivity index (χ2n) is 12.0. The van der Waals surface area contributed by atoms with E-state index in [9.17, 15) is 19.2 Å². The van der Waals surface area contributed by atoms with Crippen LogP contribution >= 0.6 is 11.6 Å². The molecule has 3 aliphatic heterocycles. The monoisotopic (exact) mass is 648 g/mol. The van der Waals surface area contributed by atoms with Crippen molar-refractivity contribution in [1.29, 1.82) is 0 Å². The fourth-order valence-corrected chi connectivity index (χ4v) is 7.06. The number of carbonyl (C=O) groups excluding carboxylic acids is 4. The lowest BCUT2D eigenvalue weighted by Gasteiger charge is -2.35. The van der Waals surface area contributed by atoms with Gasteiger partial charge in [0, 0.05) is 86.6 Å². The van der Waals surface area contributed by atoms with Gasteiger partial charge in [-0.3, -0.25) is 29.6 Å². The summed E-state index contributed by atoms with van der Waals surface area (Å²) in [6, 6.07) is 14.8. The number of pyridine rings is 2. The van der Waals surface area contributed by atoms with Crippen LogP contribution in [0.4, 0.5) is 10.6 Å². The van der Waals surface area contributed by atoms with Gasteiger partial charge in [-0.05, 0) is 41.5 Å². The zero-order chi connectivity index (χ0) is 32.4. The van der Waals surface area contributed by atoms with Crippen LogP contribution in [0.25, 0.3) is 32.9 Å². The van der Waals surface area contributed by atoms with Crippen LogP contribution in [0, 0.1) is 0 Å². The van der Waals surface area contributed by atoms with Gasteiger partial charge in [-0.25, -0.2) is 14.8 Å². The Bertz CT molecular complexity index is 2160. The number of amides is 5. The molecule has 2 saturated heterocycles. The second kappa shape index (κ2) is 11.2. The Labute approximate surface area is 274 Å². The molecule has 5 amide bonds. The van der Waals surface area contributed by atoms with E-state index in [-0.39, 0.29) is 24.1 Å². The van der Waals surface area contributed by atoms with Crippen LogP contribution in [0.3, 0.4) is 0 Å². The summed E-state index contributed by atoms with van der Waals surface area (Å²) in [7, 11) is 2.06. The number of nitrogens with zero attached hydrogens (tertiary/aromatic N) is 7. The van der Waals surface area contributed by atoms with E-state index in [2.05, 4.69) is 49.9 Å². The third kappa shape index (κ3) is 4.88. The Balaban J connectivity index is 0.933.